The summed E-state index contributed by atoms with van der Waals surface area (Å²) in [6, 6.07) is 29.4. The SMILES string of the molecule is C#CC1(C(F)(F)F)CC1.Fc1ccc2c(c1)c(N1CCCc3c(Br)cccc31)nc1nnc(C(F)F)n12.Fc1ccc2c(c1)c(N1CCCc3c(C#CC4(C(F)(F)F)CC4)cccc31)nc1nnc(C(F)F)n12.NNc1nc(N2CCCc3c(Br)cccc32)c2cc(F)ccc2n1.O=C(OC(=O)C(F)F)C(F)F. The molecular formula is C71H52Br2F17N15O3. The first-order valence-electron chi connectivity index (χ1n) is 32.5. The molecule has 3 aliphatic heterocycles. The number of nitrogens with one attached hydrogen (secondary N) is 1. The molecule has 2 saturated carbocycles. The molecule has 0 unspecified atom stereocenters. The van der Waals surface area contributed by atoms with Crippen LogP contribution in [0.4, 0.5) is 115 Å². The molecule has 6 aromatic carbocycles. The number of esters is 2. The van der Waals surface area contributed by atoms with E-state index in [0.717, 1.165) is 74.1 Å². The van der Waals surface area contributed by atoms with Gasteiger partial charge in [0.2, 0.25) is 17.6 Å². The number of alkyl halides is 14. The number of nitrogens with two attached hydrogens (primary N) is 1. The summed E-state index contributed by atoms with van der Waals surface area (Å²) in [5.41, 5.74) is 6.43. The van der Waals surface area contributed by atoms with E-state index in [1.165, 1.54) is 52.4 Å². The van der Waals surface area contributed by atoms with Crippen LogP contribution in [0.5, 0.6) is 0 Å². The fourth-order valence-electron chi connectivity index (χ4n) is 12.5. The fraction of sp³-hybridized carbons (Fsp3) is 0.296. The van der Waals surface area contributed by atoms with Gasteiger partial charge in [-0.15, -0.1) is 26.8 Å². The van der Waals surface area contributed by atoms with Gasteiger partial charge in [-0.1, -0.05) is 67.8 Å². The largest absolute Gasteiger partial charge is 0.405 e. The van der Waals surface area contributed by atoms with E-state index in [2.05, 4.69) is 112 Å². The first-order valence-corrected chi connectivity index (χ1v) is 34.1. The Balaban J connectivity index is 0.000000136. The van der Waals surface area contributed by atoms with Gasteiger partial charge in [-0.05, 0) is 172 Å². The Bertz CT molecular complexity index is 5390. The molecule has 0 spiro atoms. The van der Waals surface area contributed by atoms with Crippen molar-refractivity contribution in [2.75, 3.05) is 39.8 Å². The van der Waals surface area contributed by atoms with Crippen molar-refractivity contribution >= 4 is 129 Å². The monoisotopic (exact) mass is 1640 g/mol. The number of benzene rings is 6. The highest BCUT2D eigenvalue weighted by molar-refractivity contribution is 9.10. The molecule has 5 aromatic heterocycles. The number of nitrogens with zero attached hydrogens (tertiary/aromatic N) is 13. The minimum absolute atomic E-state index is 0.00884. The van der Waals surface area contributed by atoms with Crippen molar-refractivity contribution < 1.29 is 89.0 Å². The molecule has 562 valence electrons. The van der Waals surface area contributed by atoms with Crippen molar-refractivity contribution in [3.63, 3.8) is 0 Å². The van der Waals surface area contributed by atoms with Crippen molar-refractivity contribution in [2.45, 2.75) is 102 Å². The first kappa shape index (κ1) is 77.1. The predicted molar refractivity (Wildman–Crippen MR) is 369 cm³/mol. The van der Waals surface area contributed by atoms with E-state index in [4.69, 9.17) is 5.84 Å². The fourth-order valence-corrected chi connectivity index (χ4v) is 13.6. The lowest BCUT2D eigenvalue weighted by atomic mass is 9.95. The van der Waals surface area contributed by atoms with Gasteiger partial charge in [0.05, 0.1) is 16.6 Å². The highest BCUT2D eigenvalue weighted by atomic mass is 79.9. The van der Waals surface area contributed by atoms with Gasteiger partial charge in [-0.2, -0.15) is 58.9 Å². The summed E-state index contributed by atoms with van der Waals surface area (Å²) < 4.78 is 224. The van der Waals surface area contributed by atoms with Crippen LogP contribution in [-0.4, -0.2) is 106 Å². The summed E-state index contributed by atoms with van der Waals surface area (Å²) in [5, 5.41) is 16.2. The Morgan fingerprint density at radius 2 is 0.935 bits per heavy atom. The van der Waals surface area contributed by atoms with Crippen LogP contribution in [0.2, 0.25) is 0 Å². The van der Waals surface area contributed by atoms with Crippen LogP contribution in [0, 0.1) is 52.5 Å². The lowest BCUT2D eigenvalue weighted by Crippen LogP contribution is -2.26. The van der Waals surface area contributed by atoms with Gasteiger partial charge in [-0.25, -0.2) is 51.1 Å². The standard InChI is InChI=1S/C25H17F6N5.C19H13BrF3N5.C17H15BrFN5.C6H5F3.C4H2F4O3/c26-15-6-7-19-17(13-15)21(32-23-34-33-22(20(27)28)36(19)23)35-12-2-4-16-14(3-1-5-18(16)35)8-9-24(10-11-24)25(29,30)31;20-13-4-1-5-14-11(13)3-2-8-27(14)17-12-9-10(21)6-7-15(12)28-18(16(22)23)25-26-19(28)24-17;18-13-4-1-5-15-11(13)3-2-8-24(15)16-12-9-10(19)6-7-14(12)21-17(22-16)23-20;1-2-5(3-4-5)6(7,8)9;5-1(6)3(9)11-4(10)2(7)8/h1,3,5-7,13,20H,2,4,10-12H2;1,4-7,9,16H,2-3,8H2;1,4-7,9H,2-3,8,20H2,(H,21,22,23);1H,3-4H2;1-2H. The van der Waals surface area contributed by atoms with Gasteiger partial charge in [-0.3, -0.25) is 14.2 Å². The van der Waals surface area contributed by atoms with Crippen LogP contribution in [0.3, 0.4) is 0 Å². The normalized spacial score (nSPS) is 15.3. The number of hydrogen-bond donors (Lipinski definition) is 2. The van der Waals surface area contributed by atoms with E-state index in [1.54, 1.807) is 35.1 Å². The molecule has 0 bridgehead atoms. The van der Waals surface area contributed by atoms with Gasteiger partial charge >= 0.3 is 37.1 Å². The molecular weight excluding hydrogens is 1590 g/mol. The van der Waals surface area contributed by atoms with Crippen LogP contribution in [0.1, 0.15) is 91.7 Å². The minimum atomic E-state index is -4.38. The summed E-state index contributed by atoms with van der Waals surface area (Å²) in [6.45, 7) is 1.95. The van der Waals surface area contributed by atoms with Crippen molar-refractivity contribution in [1.82, 2.24) is 49.1 Å². The summed E-state index contributed by atoms with van der Waals surface area (Å²) in [6.07, 6.45) is -11.6. The zero-order valence-electron chi connectivity index (χ0n) is 55.3. The summed E-state index contributed by atoms with van der Waals surface area (Å²) in [7, 11) is 0. The number of aromatic nitrogens is 10. The van der Waals surface area contributed by atoms with Crippen molar-refractivity contribution in [3.05, 3.63) is 169 Å². The number of nitrogen functional groups attached to an aromatic ring is 1. The molecule has 11 aromatic rings. The molecule has 5 aliphatic rings. The number of carbonyl (C=O) groups is 2. The van der Waals surface area contributed by atoms with Crippen molar-refractivity contribution in [2.24, 2.45) is 16.7 Å². The highest BCUT2D eigenvalue weighted by Gasteiger charge is 2.63. The second-order valence-corrected chi connectivity index (χ2v) is 26.5. The second-order valence-electron chi connectivity index (χ2n) is 24.8. The van der Waals surface area contributed by atoms with E-state index in [-0.39, 0.29) is 54.0 Å². The minimum Gasteiger partial charge on any atom is -0.385 e. The molecule has 16 rings (SSSR count). The van der Waals surface area contributed by atoms with Gasteiger partial charge in [0.1, 0.15) is 45.7 Å². The smallest absolute Gasteiger partial charge is 0.385 e. The number of rotatable bonds is 8. The topological polar surface area (TPSA) is 203 Å². The van der Waals surface area contributed by atoms with Crippen LogP contribution in [-0.2, 0) is 33.6 Å². The molecule has 2 aliphatic carbocycles. The highest BCUT2D eigenvalue weighted by Crippen LogP contribution is 2.58. The quantitative estimate of drug-likeness (QED) is 0.0363. The van der Waals surface area contributed by atoms with Gasteiger partial charge in [0, 0.05) is 67.4 Å². The molecule has 18 nitrogen and oxygen atoms in total. The maximum atomic E-state index is 14.3. The Hall–Kier alpha value is -10.5. The number of hydrogen-bond acceptors (Lipinski definition) is 16. The number of carbonyl (C=O) groups excluding carboxylic acids is 2. The molecule has 8 heterocycles. The van der Waals surface area contributed by atoms with Crippen molar-refractivity contribution in [1.29, 1.82) is 0 Å². The predicted octanol–water partition coefficient (Wildman–Crippen LogP) is 17.8. The van der Waals surface area contributed by atoms with E-state index >= 15 is 0 Å². The van der Waals surface area contributed by atoms with Crippen molar-refractivity contribution in [3.8, 4) is 24.2 Å². The summed E-state index contributed by atoms with van der Waals surface area (Å²) >= 11 is 7.21. The molecule has 3 N–H and O–H groups in total. The number of hydrazine groups is 1. The first-order chi connectivity index (χ1) is 51.4. The van der Waals surface area contributed by atoms with Crippen LogP contribution >= 0.6 is 31.9 Å². The molecule has 0 amide bonds. The molecule has 0 radical (unpaired) electrons. The van der Waals surface area contributed by atoms with E-state index < -0.39 is 84.1 Å². The Morgan fingerprint density at radius 1 is 0.528 bits per heavy atom. The Labute approximate surface area is 616 Å². The van der Waals surface area contributed by atoms with E-state index in [1.807, 2.05) is 35.2 Å². The Morgan fingerprint density at radius 3 is 1.33 bits per heavy atom. The number of terminal acetylenes is 1. The third-order valence-electron chi connectivity index (χ3n) is 18.1. The zero-order chi connectivity index (χ0) is 77.5. The average Bonchev–Trinajstić information content (AvgIpc) is 1.35. The second kappa shape index (κ2) is 31.0. The zero-order valence-corrected chi connectivity index (χ0v) is 58.4. The molecule has 0 atom stereocenters. The maximum Gasteiger partial charge on any atom is 0.405 e. The maximum absolute atomic E-state index is 14.3. The van der Waals surface area contributed by atoms with Crippen LogP contribution in [0.15, 0.2) is 118 Å². The Kier molecular flexibility index (Phi) is 22.1. The van der Waals surface area contributed by atoms with Gasteiger partial charge in [0.15, 0.2) is 0 Å². The average molecular weight is 1650 g/mol. The van der Waals surface area contributed by atoms with Gasteiger partial charge in [0.25, 0.3) is 24.4 Å². The number of fused-ring (bicyclic) bond motifs is 10. The van der Waals surface area contributed by atoms with Crippen LogP contribution in [0.25, 0.3) is 44.3 Å². The third-order valence-corrected chi connectivity index (χ3v) is 19.5. The molecule has 37 heteroatoms. The lowest BCUT2D eigenvalue weighted by Gasteiger charge is -2.32. The third kappa shape index (κ3) is 15.6. The number of halogens is 19. The van der Waals surface area contributed by atoms with Gasteiger partial charge < -0.3 is 19.4 Å². The summed E-state index contributed by atoms with van der Waals surface area (Å²) in [5.74, 6) is 7.24. The van der Waals surface area contributed by atoms with Crippen LogP contribution < -0.4 is 26.0 Å². The molecule has 108 heavy (non-hydrogen) atoms. The van der Waals surface area contributed by atoms with E-state index in [0.29, 0.717) is 82.4 Å². The number of anilines is 7. The van der Waals surface area contributed by atoms with E-state index in [9.17, 15) is 84.2 Å². The lowest BCUT2D eigenvalue weighted by molar-refractivity contribution is -0.175. The number of ether oxygens (including phenoxy) is 1. The summed E-state index contributed by atoms with van der Waals surface area (Å²) in [4.78, 5) is 43.1. The molecule has 2 fully saturated rings. The molecule has 0 saturated heterocycles.